The minimum Gasteiger partial charge on any atom is -0.367 e. The molecule has 1 aliphatic rings. The van der Waals surface area contributed by atoms with E-state index in [0.29, 0.717) is 6.04 Å². The van der Waals surface area contributed by atoms with Gasteiger partial charge in [-0.2, -0.15) is 0 Å². The van der Waals surface area contributed by atoms with E-state index in [1.54, 1.807) is 6.33 Å². The molecule has 1 atom stereocenters. The molecule has 3 rings (SSSR count). The smallest absolute Gasteiger partial charge is 0.115 e. The van der Waals surface area contributed by atoms with Gasteiger partial charge in [0.1, 0.15) is 6.33 Å². The second kappa shape index (κ2) is 6.63. The van der Waals surface area contributed by atoms with Crippen molar-refractivity contribution in [3.63, 3.8) is 0 Å². The Balaban J connectivity index is 1.57. The van der Waals surface area contributed by atoms with Crippen LogP contribution in [-0.4, -0.2) is 34.1 Å². The molecule has 1 saturated heterocycles. The summed E-state index contributed by atoms with van der Waals surface area (Å²) in [4.78, 5) is 14.8. The highest BCUT2D eigenvalue weighted by Crippen LogP contribution is 2.18. The van der Waals surface area contributed by atoms with Crippen LogP contribution in [0.1, 0.15) is 24.1 Å². The molecule has 1 aliphatic heterocycles. The van der Waals surface area contributed by atoms with Crippen LogP contribution in [-0.2, 0) is 6.54 Å². The Kier molecular flexibility index (Phi) is 4.40. The van der Waals surface area contributed by atoms with E-state index in [2.05, 4.69) is 37.3 Å². The van der Waals surface area contributed by atoms with Gasteiger partial charge in [-0.15, -0.1) is 0 Å². The van der Waals surface area contributed by atoms with E-state index in [1.165, 1.54) is 18.4 Å². The Morgan fingerprint density at radius 2 is 2.19 bits per heavy atom. The zero-order chi connectivity index (χ0) is 14.5. The van der Waals surface area contributed by atoms with Crippen LogP contribution in [0, 0.1) is 6.92 Å². The van der Waals surface area contributed by atoms with E-state index >= 15 is 0 Å². The number of aryl methyl sites for hydroxylation is 1. The Hall–Kier alpha value is -2.01. The third-order valence-electron chi connectivity index (χ3n) is 3.89. The normalized spacial score (nSPS) is 18.7. The van der Waals surface area contributed by atoms with Crippen LogP contribution in [0.5, 0.6) is 0 Å². The number of hydrogen-bond acceptors (Lipinski definition) is 5. The number of rotatable bonds is 4. The fourth-order valence-electron chi connectivity index (χ4n) is 2.81. The molecule has 0 saturated carbocycles. The van der Waals surface area contributed by atoms with Crippen molar-refractivity contribution in [2.24, 2.45) is 0 Å². The average Bonchev–Trinajstić information content (AvgIpc) is 2.54. The molecule has 0 aromatic carbocycles. The fraction of sp³-hybridized carbons (Fsp3) is 0.438. The van der Waals surface area contributed by atoms with Crippen molar-refractivity contribution in [1.29, 1.82) is 0 Å². The first-order valence-electron chi connectivity index (χ1n) is 7.46. The number of hydrogen-bond donors (Lipinski definition) is 1. The first kappa shape index (κ1) is 13.9. The molecule has 1 N–H and O–H groups in total. The average molecular weight is 283 g/mol. The van der Waals surface area contributed by atoms with Crippen molar-refractivity contribution in [2.45, 2.75) is 32.4 Å². The van der Waals surface area contributed by atoms with Crippen LogP contribution in [0.3, 0.4) is 0 Å². The molecule has 5 heteroatoms. The molecule has 110 valence electrons. The molecule has 0 spiro atoms. The number of nitrogens with zero attached hydrogens (tertiary/aromatic N) is 4. The number of aromatic nitrogens is 3. The summed E-state index contributed by atoms with van der Waals surface area (Å²) in [6.07, 6.45) is 9.65. The Morgan fingerprint density at radius 3 is 3.00 bits per heavy atom. The maximum absolute atomic E-state index is 4.24. The maximum Gasteiger partial charge on any atom is 0.115 e. The minimum atomic E-state index is 0.507. The lowest BCUT2D eigenvalue weighted by Crippen LogP contribution is -2.45. The van der Waals surface area contributed by atoms with Gasteiger partial charge in [-0.25, -0.2) is 9.97 Å². The van der Waals surface area contributed by atoms with E-state index < -0.39 is 0 Å². The Bertz CT molecular complexity index is 572. The molecule has 0 aliphatic carbocycles. The van der Waals surface area contributed by atoms with E-state index in [1.807, 2.05) is 25.5 Å². The van der Waals surface area contributed by atoms with Gasteiger partial charge in [-0.1, -0.05) is 0 Å². The summed E-state index contributed by atoms with van der Waals surface area (Å²) in [7, 11) is 0. The van der Waals surface area contributed by atoms with Crippen LogP contribution in [0.4, 0.5) is 5.69 Å². The predicted molar refractivity (Wildman–Crippen MR) is 83.1 cm³/mol. The topological polar surface area (TPSA) is 53.9 Å². The molecular formula is C16H21N5. The zero-order valence-corrected chi connectivity index (χ0v) is 12.4. The molecule has 21 heavy (non-hydrogen) atoms. The highest BCUT2D eigenvalue weighted by molar-refractivity contribution is 5.42. The van der Waals surface area contributed by atoms with E-state index in [0.717, 1.165) is 31.0 Å². The highest BCUT2D eigenvalue weighted by Gasteiger charge is 2.19. The van der Waals surface area contributed by atoms with Crippen molar-refractivity contribution in [3.05, 3.63) is 48.3 Å². The fourth-order valence-corrected chi connectivity index (χ4v) is 2.81. The quantitative estimate of drug-likeness (QED) is 0.929. The lowest BCUT2D eigenvalue weighted by Gasteiger charge is -2.34. The maximum atomic E-state index is 4.24. The highest BCUT2D eigenvalue weighted by atomic mass is 15.2. The third kappa shape index (κ3) is 3.76. The molecule has 1 unspecified atom stereocenters. The molecule has 2 aromatic heterocycles. The standard InChI is InChI=1S/C16H21N5/c1-13-7-14(4-5-19-13)8-20-15-3-2-6-21(11-15)16-9-17-12-18-10-16/h4-5,7,9-10,12,15,20H,2-3,6,8,11H2,1H3. The van der Waals surface area contributed by atoms with Gasteiger partial charge in [0.25, 0.3) is 0 Å². The van der Waals surface area contributed by atoms with Gasteiger partial charge in [-0.05, 0) is 37.5 Å². The molecular weight excluding hydrogens is 262 g/mol. The van der Waals surface area contributed by atoms with Crippen LogP contribution >= 0.6 is 0 Å². The molecule has 0 amide bonds. The van der Waals surface area contributed by atoms with Crippen LogP contribution in [0.2, 0.25) is 0 Å². The number of nitrogens with one attached hydrogen (secondary N) is 1. The molecule has 1 fully saturated rings. The summed E-state index contributed by atoms with van der Waals surface area (Å²) in [6.45, 7) is 5.02. The van der Waals surface area contributed by atoms with Gasteiger partial charge < -0.3 is 10.2 Å². The number of pyridine rings is 1. The number of piperidine rings is 1. The van der Waals surface area contributed by atoms with Crippen molar-refractivity contribution in [1.82, 2.24) is 20.3 Å². The molecule has 3 heterocycles. The molecule has 2 aromatic rings. The molecule has 5 nitrogen and oxygen atoms in total. The van der Waals surface area contributed by atoms with Gasteiger partial charge in [0.2, 0.25) is 0 Å². The summed E-state index contributed by atoms with van der Waals surface area (Å²) in [5, 5.41) is 3.65. The Labute approximate surface area is 125 Å². The number of anilines is 1. The Morgan fingerprint density at radius 1 is 1.33 bits per heavy atom. The summed E-state index contributed by atoms with van der Waals surface area (Å²) in [5.41, 5.74) is 3.48. The van der Waals surface area contributed by atoms with Gasteiger partial charge >= 0.3 is 0 Å². The lowest BCUT2D eigenvalue weighted by molar-refractivity contribution is 0.421. The van der Waals surface area contributed by atoms with Crippen LogP contribution in [0.15, 0.2) is 37.1 Å². The van der Waals surface area contributed by atoms with Crippen molar-refractivity contribution in [3.8, 4) is 0 Å². The summed E-state index contributed by atoms with van der Waals surface area (Å²) in [6, 6.07) is 4.72. The molecule has 0 radical (unpaired) electrons. The zero-order valence-electron chi connectivity index (χ0n) is 12.4. The minimum absolute atomic E-state index is 0.507. The van der Waals surface area contributed by atoms with Gasteiger partial charge in [-0.3, -0.25) is 4.98 Å². The summed E-state index contributed by atoms with van der Waals surface area (Å²) in [5.74, 6) is 0. The lowest BCUT2D eigenvalue weighted by atomic mass is 10.0. The first-order chi connectivity index (χ1) is 10.3. The van der Waals surface area contributed by atoms with Crippen molar-refractivity contribution < 1.29 is 0 Å². The van der Waals surface area contributed by atoms with Crippen LogP contribution in [0.25, 0.3) is 0 Å². The third-order valence-corrected chi connectivity index (χ3v) is 3.89. The largest absolute Gasteiger partial charge is 0.367 e. The summed E-state index contributed by atoms with van der Waals surface area (Å²) >= 11 is 0. The second-order valence-electron chi connectivity index (χ2n) is 5.57. The SMILES string of the molecule is Cc1cc(CNC2CCCN(c3cncnc3)C2)ccn1. The first-order valence-corrected chi connectivity index (χ1v) is 7.46. The van der Waals surface area contributed by atoms with Crippen LogP contribution < -0.4 is 10.2 Å². The van der Waals surface area contributed by atoms with Crippen molar-refractivity contribution >= 4 is 5.69 Å². The molecule has 0 bridgehead atoms. The van der Waals surface area contributed by atoms with Gasteiger partial charge in [0, 0.05) is 37.6 Å². The van der Waals surface area contributed by atoms with Crippen molar-refractivity contribution in [2.75, 3.05) is 18.0 Å². The van der Waals surface area contributed by atoms with E-state index in [-0.39, 0.29) is 0 Å². The summed E-state index contributed by atoms with van der Waals surface area (Å²) < 4.78 is 0. The van der Waals surface area contributed by atoms with Gasteiger partial charge in [0.05, 0.1) is 18.1 Å². The second-order valence-corrected chi connectivity index (χ2v) is 5.57. The predicted octanol–water partition coefficient (Wildman–Crippen LogP) is 1.94. The van der Waals surface area contributed by atoms with E-state index in [4.69, 9.17) is 0 Å². The van der Waals surface area contributed by atoms with Gasteiger partial charge in [0.15, 0.2) is 0 Å². The monoisotopic (exact) mass is 283 g/mol. The van der Waals surface area contributed by atoms with E-state index in [9.17, 15) is 0 Å².